The predicted octanol–water partition coefficient (Wildman–Crippen LogP) is 2.88. The van der Waals surface area contributed by atoms with E-state index in [1.54, 1.807) is 0 Å². The smallest absolute Gasteiger partial charge is 0.244 e. The molecule has 2 saturated heterocycles. The third-order valence-corrected chi connectivity index (χ3v) is 6.20. The number of Topliss-reactive ketones (excluding diaryl/α,β-unsaturated/α-hetero) is 4. The number of hydrogen-bond donors (Lipinski definition) is 6. The molecule has 0 radical (unpaired) electrons. The number of carbonyl (C=O) groups excluding carboxylic acids is 6. The van der Waals surface area contributed by atoms with Crippen LogP contribution in [0.5, 0.6) is 0 Å². The lowest BCUT2D eigenvalue weighted by molar-refractivity contribution is -0.123. The highest BCUT2D eigenvalue weighted by Crippen LogP contribution is 2.27. The molecule has 0 aromatic rings. The Balaban J connectivity index is 0.000000261. The average molecular weight is 616 g/mol. The number of aliphatic hydroxyl groups excluding tert-OH is 4. The van der Waals surface area contributed by atoms with Gasteiger partial charge in [-0.25, -0.2) is 0 Å². The van der Waals surface area contributed by atoms with Gasteiger partial charge in [0.15, 0.2) is 23.0 Å². The highest BCUT2D eigenvalue weighted by Gasteiger charge is 2.34. The molecule has 38 heavy (non-hydrogen) atoms. The third kappa shape index (κ3) is 9.05. The number of allylic oxidation sites excluding steroid dienone is 4. The summed E-state index contributed by atoms with van der Waals surface area (Å²) >= 11 is 20.7. The normalized spacial score (nSPS) is 20.0. The standard InChI is InChI=1S/2C6H2Cl2O4.2C5H9NO/c2*7-1-3(9)5(11)2(8)6(12)4(1)10;2*7-5-3-1-2-4-6-5/h2*9,12H;2*1-4H2,(H,6,7). The first-order valence-electron chi connectivity index (χ1n) is 10.8. The van der Waals surface area contributed by atoms with Gasteiger partial charge in [-0.05, 0) is 25.7 Å². The number of rotatable bonds is 0. The number of carbonyl (C=O) groups is 6. The zero-order valence-electron chi connectivity index (χ0n) is 19.4. The molecule has 0 aromatic carbocycles. The Bertz CT molecular complexity index is 941. The molecule has 0 saturated carbocycles. The Morgan fingerprint density at radius 3 is 0.816 bits per heavy atom. The molecule has 4 aliphatic rings. The number of ketones is 4. The first kappa shape index (κ1) is 33.0. The number of hydrogen-bond acceptors (Lipinski definition) is 10. The van der Waals surface area contributed by atoms with Crippen LogP contribution in [-0.4, -0.2) is 68.5 Å². The molecule has 0 spiro atoms. The minimum absolute atomic E-state index is 0.214. The van der Waals surface area contributed by atoms with E-state index in [0.29, 0.717) is 0 Å². The van der Waals surface area contributed by atoms with Crippen molar-refractivity contribution in [3.8, 4) is 0 Å². The van der Waals surface area contributed by atoms with Gasteiger partial charge in [0.1, 0.15) is 20.1 Å². The van der Waals surface area contributed by atoms with Crippen LogP contribution in [0.4, 0.5) is 0 Å². The Kier molecular flexibility index (Phi) is 13.3. The van der Waals surface area contributed by atoms with Crippen LogP contribution < -0.4 is 10.6 Å². The maximum absolute atomic E-state index is 10.8. The summed E-state index contributed by atoms with van der Waals surface area (Å²) in [5, 5.41) is 38.0. The van der Waals surface area contributed by atoms with Gasteiger partial charge in [0.25, 0.3) is 0 Å². The Morgan fingerprint density at radius 1 is 0.447 bits per heavy atom. The molecule has 0 bridgehead atoms. The number of piperidine rings is 2. The van der Waals surface area contributed by atoms with Gasteiger partial charge >= 0.3 is 0 Å². The van der Waals surface area contributed by atoms with Crippen molar-refractivity contribution in [3.05, 3.63) is 43.2 Å². The van der Waals surface area contributed by atoms with Gasteiger partial charge in [0.05, 0.1) is 0 Å². The van der Waals surface area contributed by atoms with Crippen LogP contribution in [0.1, 0.15) is 38.5 Å². The molecule has 16 heteroatoms. The van der Waals surface area contributed by atoms with Crippen molar-refractivity contribution in [1.82, 2.24) is 10.6 Å². The molecule has 2 heterocycles. The van der Waals surface area contributed by atoms with E-state index in [9.17, 15) is 28.8 Å². The number of halogens is 4. The summed E-state index contributed by atoms with van der Waals surface area (Å²) < 4.78 is 0. The largest absolute Gasteiger partial charge is 0.503 e. The van der Waals surface area contributed by atoms with Crippen LogP contribution in [0.3, 0.4) is 0 Å². The predicted molar refractivity (Wildman–Crippen MR) is 136 cm³/mol. The van der Waals surface area contributed by atoms with Gasteiger partial charge in [0, 0.05) is 25.9 Å². The molecule has 0 aromatic heterocycles. The van der Waals surface area contributed by atoms with Crippen molar-refractivity contribution in [2.45, 2.75) is 38.5 Å². The number of nitrogens with one attached hydrogen (secondary N) is 2. The van der Waals surface area contributed by atoms with Crippen LogP contribution >= 0.6 is 46.4 Å². The van der Waals surface area contributed by atoms with Crippen LogP contribution in [-0.2, 0) is 28.8 Å². The van der Waals surface area contributed by atoms with Crippen molar-refractivity contribution in [3.63, 3.8) is 0 Å². The molecule has 0 unspecified atom stereocenters. The molecule has 2 amide bonds. The zero-order valence-corrected chi connectivity index (χ0v) is 22.4. The van der Waals surface area contributed by atoms with Gasteiger partial charge in [-0.15, -0.1) is 0 Å². The third-order valence-electron chi connectivity index (χ3n) is 4.79. The van der Waals surface area contributed by atoms with Crippen molar-refractivity contribution in [2.75, 3.05) is 13.1 Å². The average Bonchev–Trinajstić information content (AvgIpc) is 2.92. The Labute approximate surface area is 235 Å². The second kappa shape index (κ2) is 15.4. The van der Waals surface area contributed by atoms with E-state index in [-0.39, 0.29) is 11.8 Å². The molecule has 208 valence electrons. The molecule has 6 N–H and O–H groups in total. The summed E-state index contributed by atoms with van der Waals surface area (Å²) in [4.78, 5) is 63.9. The number of amides is 2. The molecule has 0 atom stereocenters. The Hall–Kier alpha value is -3.06. The van der Waals surface area contributed by atoms with E-state index in [1.165, 1.54) is 0 Å². The maximum atomic E-state index is 10.8. The van der Waals surface area contributed by atoms with Crippen LogP contribution in [0.2, 0.25) is 0 Å². The molecular formula is C22H22Cl4N2O10. The highest BCUT2D eigenvalue weighted by molar-refractivity contribution is 6.56. The second-order valence-electron chi connectivity index (χ2n) is 7.58. The molecule has 2 aliphatic carbocycles. The van der Waals surface area contributed by atoms with E-state index in [1.807, 2.05) is 0 Å². The second-order valence-corrected chi connectivity index (χ2v) is 9.09. The fourth-order valence-electron chi connectivity index (χ4n) is 2.70. The van der Waals surface area contributed by atoms with Crippen molar-refractivity contribution >= 4 is 81.4 Å². The zero-order chi connectivity index (χ0) is 29.2. The quantitative estimate of drug-likeness (QED) is 0.219. The van der Waals surface area contributed by atoms with Crippen LogP contribution in [0, 0.1) is 0 Å². The van der Waals surface area contributed by atoms with Gasteiger partial charge in [-0.1, -0.05) is 46.4 Å². The highest BCUT2D eigenvalue weighted by atomic mass is 35.5. The molecule has 12 nitrogen and oxygen atoms in total. The van der Waals surface area contributed by atoms with Crippen molar-refractivity contribution in [2.24, 2.45) is 0 Å². The lowest BCUT2D eigenvalue weighted by Gasteiger charge is -2.08. The molecule has 2 aliphatic heterocycles. The summed E-state index contributed by atoms with van der Waals surface area (Å²) in [6, 6.07) is 0. The van der Waals surface area contributed by atoms with E-state index >= 15 is 0 Å². The SMILES string of the molecule is O=C1C(O)=C(Cl)C(=O)C(O)=C1Cl.O=C1C(O)=C(Cl)C(=O)C(O)=C1Cl.O=C1CCCCN1.O=C1CCCCN1. The van der Waals surface area contributed by atoms with E-state index in [0.717, 1.165) is 51.6 Å². The van der Waals surface area contributed by atoms with Gasteiger partial charge < -0.3 is 31.1 Å². The first-order chi connectivity index (χ1) is 17.7. The number of aliphatic hydroxyl groups is 4. The van der Waals surface area contributed by atoms with E-state index < -0.39 is 66.3 Å². The lowest BCUT2D eigenvalue weighted by Crippen LogP contribution is -2.28. The summed E-state index contributed by atoms with van der Waals surface area (Å²) in [5.74, 6) is -7.56. The van der Waals surface area contributed by atoms with Crippen LogP contribution in [0.15, 0.2) is 43.2 Å². The first-order valence-corrected chi connectivity index (χ1v) is 12.3. The van der Waals surface area contributed by atoms with E-state index in [2.05, 4.69) is 10.6 Å². The summed E-state index contributed by atoms with van der Waals surface area (Å²) in [7, 11) is 0. The minimum atomic E-state index is -1.06. The molecular weight excluding hydrogens is 594 g/mol. The minimum Gasteiger partial charge on any atom is -0.503 e. The van der Waals surface area contributed by atoms with Crippen molar-refractivity contribution < 1.29 is 49.2 Å². The maximum Gasteiger partial charge on any atom is 0.244 e. The van der Waals surface area contributed by atoms with Crippen LogP contribution in [0.25, 0.3) is 0 Å². The van der Waals surface area contributed by atoms with Gasteiger partial charge in [0.2, 0.25) is 34.9 Å². The summed E-state index contributed by atoms with van der Waals surface area (Å²) in [5.41, 5.74) is 0. The topological polar surface area (TPSA) is 207 Å². The molecule has 2 fully saturated rings. The van der Waals surface area contributed by atoms with E-state index in [4.69, 9.17) is 66.8 Å². The summed E-state index contributed by atoms with van der Waals surface area (Å²) in [6.07, 6.45) is 5.94. The summed E-state index contributed by atoms with van der Waals surface area (Å²) in [6.45, 7) is 1.78. The van der Waals surface area contributed by atoms with Gasteiger partial charge in [-0.2, -0.15) is 0 Å². The van der Waals surface area contributed by atoms with Gasteiger partial charge in [-0.3, -0.25) is 28.8 Å². The lowest BCUT2D eigenvalue weighted by atomic mass is 10.1. The molecule has 4 rings (SSSR count). The van der Waals surface area contributed by atoms with Crippen molar-refractivity contribution in [1.29, 1.82) is 0 Å². The fourth-order valence-corrected chi connectivity index (χ4v) is 3.40. The monoisotopic (exact) mass is 614 g/mol. The Morgan fingerprint density at radius 2 is 0.684 bits per heavy atom. The fraction of sp³-hybridized carbons (Fsp3) is 0.364.